The van der Waals surface area contributed by atoms with Gasteiger partial charge in [0.2, 0.25) is 0 Å². The van der Waals surface area contributed by atoms with Gasteiger partial charge in [0, 0.05) is 18.0 Å². The summed E-state index contributed by atoms with van der Waals surface area (Å²) in [5.74, 6) is 1.02. The van der Waals surface area contributed by atoms with Crippen LogP contribution in [-0.4, -0.2) is 15.4 Å². The zero-order valence-electron chi connectivity index (χ0n) is 11.1. The topological polar surface area (TPSA) is 52.1 Å². The number of halogens is 1. The summed E-state index contributed by atoms with van der Waals surface area (Å²) in [7, 11) is 0. The van der Waals surface area contributed by atoms with Gasteiger partial charge >= 0.3 is 0 Å². The smallest absolute Gasteiger partial charge is 0.167 e. The molecule has 1 aromatic heterocycles. The van der Waals surface area contributed by atoms with Crippen LogP contribution in [0.25, 0.3) is 0 Å². The van der Waals surface area contributed by atoms with Crippen molar-refractivity contribution in [1.82, 2.24) is 9.59 Å². The number of aromatic nitrogens is 2. The van der Waals surface area contributed by atoms with Gasteiger partial charge in [-0.1, -0.05) is 29.1 Å². The fraction of sp³-hybridized carbons (Fsp3) is 0.357. The number of aryl methyl sites for hydroxylation is 1. The Morgan fingerprint density at radius 1 is 1.50 bits per heavy atom. The molecule has 2 aromatic rings. The van der Waals surface area contributed by atoms with Crippen LogP contribution < -0.4 is 4.74 Å². The van der Waals surface area contributed by atoms with Crippen molar-refractivity contribution in [3.8, 4) is 5.75 Å². The van der Waals surface area contributed by atoms with Crippen molar-refractivity contribution in [2.24, 2.45) is 0 Å². The monoisotopic (exact) mass is 308 g/mol. The molecule has 0 fully saturated rings. The summed E-state index contributed by atoms with van der Waals surface area (Å²) in [4.78, 5) is 12.1. The normalized spacial score (nSPS) is 17.4. The number of Topliss-reactive ketones (excluding diaryl/α,β-unsaturated/α-hetero) is 1. The van der Waals surface area contributed by atoms with E-state index in [2.05, 4.69) is 16.5 Å². The molecule has 4 nitrogen and oxygen atoms in total. The predicted octanol–water partition coefficient (Wildman–Crippen LogP) is 3.77. The van der Waals surface area contributed by atoms with E-state index in [0.29, 0.717) is 22.2 Å². The molecule has 1 heterocycles. The largest absolute Gasteiger partial charge is 0.486 e. The van der Waals surface area contributed by atoms with Crippen LogP contribution in [0.1, 0.15) is 46.4 Å². The highest BCUT2D eigenvalue weighted by Crippen LogP contribution is 2.40. The molecule has 0 saturated heterocycles. The quantitative estimate of drug-likeness (QED) is 0.866. The number of ketones is 1. The van der Waals surface area contributed by atoms with Crippen molar-refractivity contribution in [2.45, 2.75) is 32.8 Å². The van der Waals surface area contributed by atoms with E-state index in [-0.39, 0.29) is 18.3 Å². The standard InChI is InChI=1S/C14H13ClN2O2S/c1-7-3-4-11(13-10(18)5-8(2)12(7)13)19-6-9-14(15)20-17-16-9/h3-4,8H,5-6H2,1-2H3. The molecule has 0 spiro atoms. The maximum absolute atomic E-state index is 12.1. The molecule has 1 aromatic carbocycles. The van der Waals surface area contributed by atoms with Gasteiger partial charge in [-0.25, -0.2) is 0 Å². The van der Waals surface area contributed by atoms with E-state index in [1.807, 2.05) is 19.1 Å². The van der Waals surface area contributed by atoms with E-state index in [9.17, 15) is 4.79 Å². The van der Waals surface area contributed by atoms with E-state index < -0.39 is 0 Å². The Kier molecular flexibility index (Phi) is 3.48. The van der Waals surface area contributed by atoms with Crippen molar-refractivity contribution in [3.63, 3.8) is 0 Å². The highest BCUT2D eigenvalue weighted by Gasteiger charge is 2.31. The van der Waals surface area contributed by atoms with E-state index in [1.165, 1.54) is 0 Å². The van der Waals surface area contributed by atoms with Crippen LogP contribution in [0.4, 0.5) is 0 Å². The Morgan fingerprint density at radius 2 is 2.30 bits per heavy atom. The van der Waals surface area contributed by atoms with Crippen molar-refractivity contribution in [3.05, 3.63) is 38.9 Å². The third-order valence-electron chi connectivity index (χ3n) is 3.56. The third-order valence-corrected chi connectivity index (χ3v) is 4.55. The molecular weight excluding hydrogens is 296 g/mol. The fourth-order valence-electron chi connectivity index (χ4n) is 2.66. The highest BCUT2D eigenvalue weighted by molar-refractivity contribution is 7.10. The second-order valence-electron chi connectivity index (χ2n) is 4.98. The first-order valence-electron chi connectivity index (χ1n) is 6.34. The first-order chi connectivity index (χ1) is 9.58. The van der Waals surface area contributed by atoms with Crippen LogP contribution in [0, 0.1) is 6.92 Å². The summed E-state index contributed by atoms with van der Waals surface area (Å²) in [6, 6.07) is 3.84. The molecule has 1 atom stereocenters. The lowest BCUT2D eigenvalue weighted by molar-refractivity contribution is 0.0986. The number of nitrogens with zero attached hydrogens (tertiary/aromatic N) is 2. The summed E-state index contributed by atoms with van der Waals surface area (Å²) in [6.45, 7) is 4.33. The predicted molar refractivity (Wildman–Crippen MR) is 77.8 cm³/mol. The minimum absolute atomic E-state index is 0.147. The number of benzene rings is 1. The Labute approximate surface area is 125 Å². The molecule has 1 unspecified atom stereocenters. The molecule has 0 saturated carbocycles. The third kappa shape index (κ3) is 2.21. The summed E-state index contributed by atoms with van der Waals surface area (Å²) in [5.41, 5.74) is 3.57. The van der Waals surface area contributed by atoms with Gasteiger partial charge in [0.25, 0.3) is 0 Å². The molecular formula is C14H13ClN2O2S. The zero-order valence-corrected chi connectivity index (χ0v) is 12.7. The van der Waals surface area contributed by atoms with Gasteiger partial charge < -0.3 is 4.74 Å². The lowest BCUT2D eigenvalue weighted by Gasteiger charge is -2.12. The summed E-state index contributed by atoms with van der Waals surface area (Å²) >= 11 is 7.07. The molecule has 1 aliphatic rings. The zero-order chi connectivity index (χ0) is 14.3. The van der Waals surface area contributed by atoms with Crippen molar-refractivity contribution in [2.75, 3.05) is 0 Å². The summed E-state index contributed by atoms with van der Waals surface area (Å²) in [5, 5.41) is 3.90. The Morgan fingerprint density at radius 3 is 3.00 bits per heavy atom. The number of fused-ring (bicyclic) bond motifs is 1. The minimum atomic E-state index is 0.147. The molecule has 0 amide bonds. The van der Waals surface area contributed by atoms with Crippen LogP contribution in [0.3, 0.4) is 0 Å². The second kappa shape index (κ2) is 5.14. The first kappa shape index (κ1) is 13.5. The van der Waals surface area contributed by atoms with E-state index in [4.69, 9.17) is 16.3 Å². The van der Waals surface area contributed by atoms with Crippen LogP contribution in [0.2, 0.25) is 4.34 Å². The lowest BCUT2D eigenvalue weighted by atomic mass is 9.97. The minimum Gasteiger partial charge on any atom is -0.486 e. The van der Waals surface area contributed by atoms with Crippen molar-refractivity contribution in [1.29, 1.82) is 0 Å². The first-order valence-corrected chi connectivity index (χ1v) is 7.49. The van der Waals surface area contributed by atoms with Gasteiger partial charge in [-0.3, -0.25) is 4.79 Å². The van der Waals surface area contributed by atoms with E-state index in [1.54, 1.807) is 0 Å². The maximum Gasteiger partial charge on any atom is 0.167 e. The molecule has 0 bridgehead atoms. The Bertz CT molecular complexity index is 684. The van der Waals surface area contributed by atoms with Gasteiger partial charge in [-0.2, -0.15) is 0 Å². The number of carbonyl (C=O) groups excluding carboxylic acids is 1. The maximum atomic E-state index is 12.1. The molecule has 0 radical (unpaired) electrons. The molecule has 0 aliphatic heterocycles. The molecule has 20 heavy (non-hydrogen) atoms. The number of hydrogen-bond donors (Lipinski definition) is 0. The highest BCUT2D eigenvalue weighted by atomic mass is 35.5. The molecule has 1 aliphatic carbocycles. The average Bonchev–Trinajstić information content (AvgIpc) is 2.94. The molecule has 3 rings (SSSR count). The molecule has 0 N–H and O–H groups in total. The van der Waals surface area contributed by atoms with Crippen LogP contribution in [-0.2, 0) is 6.61 Å². The van der Waals surface area contributed by atoms with Crippen LogP contribution in [0.15, 0.2) is 12.1 Å². The SMILES string of the molecule is Cc1ccc(OCc2nnsc2Cl)c2c1C(C)CC2=O. The number of rotatable bonds is 3. The molecule has 104 valence electrons. The van der Waals surface area contributed by atoms with E-state index >= 15 is 0 Å². The Hall–Kier alpha value is -1.46. The average molecular weight is 309 g/mol. The number of hydrogen-bond acceptors (Lipinski definition) is 5. The van der Waals surface area contributed by atoms with Gasteiger partial charge in [0.1, 0.15) is 22.4 Å². The summed E-state index contributed by atoms with van der Waals surface area (Å²) < 4.78 is 10.0. The van der Waals surface area contributed by atoms with Crippen molar-refractivity contribution < 1.29 is 9.53 Å². The van der Waals surface area contributed by atoms with Gasteiger partial charge in [-0.05, 0) is 30.0 Å². The van der Waals surface area contributed by atoms with Gasteiger partial charge in [0.05, 0.1) is 5.56 Å². The van der Waals surface area contributed by atoms with E-state index in [0.717, 1.165) is 28.2 Å². The lowest BCUT2D eigenvalue weighted by Crippen LogP contribution is -2.03. The van der Waals surface area contributed by atoms with Crippen molar-refractivity contribution >= 4 is 28.9 Å². The van der Waals surface area contributed by atoms with Crippen LogP contribution in [0.5, 0.6) is 5.75 Å². The fourth-order valence-corrected chi connectivity index (χ4v) is 3.26. The van der Waals surface area contributed by atoms with Gasteiger partial charge in [0.15, 0.2) is 5.78 Å². The number of ether oxygens (including phenoxy) is 1. The second-order valence-corrected chi connectivity index (χ2v) is 6.34. The number of carbonyl (C=O) groups is 1. The summed E-state index contributed by atoms with van der Waals surface area (Å²) in [6.07, 6.45) is 0.551. The van der Waals surface area contributed by atoms with Gasteiger partial charge in [-0.15, -0.1) is 5.10 Å². The molecule has 6 heteroatoms. The van der Waals surface area contributed by atoms with Crippen LogP contribution >= 0.6 is 23.1 Å². The Balaban J connectivity index is 1.92.